The average molecular weight is 333 g/mol. The Morgan fingerprint density at radius 1 is 1.08 bits per heavy atom. The lowest BCUT2D eigenvalue weighted by Crippen LogP contribution is -2.46. The van der Waals surface area contributed by atoms with Crippen LogP contribution in [-0.4, -0.2) is 22.8 Å². The Bertz CT molecular complexity index is 932. The van der Waals surface area contributed by atoms with Crippen LogP contribution < -0.4 is 11.1 Å². The Balaban J connectivity index is 1.86. The number of aryl methyl sites for hydroxylation is 1. The maximum atomic E-state index is 12.7. The van der Waals surface area contributed by atoms with Gasteiger partial charge in [-0.05, 0) is 30.2 Å². The predicted octanol–water partition coefficient (Wildman–Crippen LogP) is 2.37. The van der Waals surface area contributed by atoms with Gasteiger partial charge >= 0.3 is 0 Å². The lowest BCUT2D eigenvalue weighted by Gasteiger charge is -2.17. The zero-order chi connectivity index (χ0) is 17.8. The Labute approximate surface area is 145 Å². The molecule has 1 aromatic heterocycles. The largest absolute Gasteiger partial charge is 0.368 e. The first-order valence-electron chi connectivity index (χ1n) is 8.04. The topological polar surface area (TPSA) is 85.1 Å². The number of para-hydroxylation sites is 1. The molecule has 2 aromatic carbocycles. The number of amides is 2. The van der Waals surface area contributed by atoms with Crippen molar-refractivity contribution in [2.45, 2.75) is 19.4 Å². The highest BCUT2D eigenvalue weighted by atomic mass is 16.2. The lowest BCUT2D eigenvalue weighted by molar-refractivity contribution is -0.119. The maximum absolute atomic E-state index is 12.7. The number of carbonyl (C=O) groups excluding carboxylic acids is 2. The van der Waals surface area contributed by atoms with Crippen molar-refractivity contribution in [1.82, 2.24) is 10.3 Å². The molecule has 2 amide bonds. The molecule has 5 nitrogen and oxygen atoms in total. The van der Waals surface area contributed by atoms with Crippen LogP contribution in [-0.2, 0) is 11.2 Å². The second-order valence-corrected chi connectivity index (χ2v) is 5.94. The molecule has 25 heavy (non-hydrogen) atoms. The minimum atomic E-state index is -0.785. The summed E-state index contributed by atoms with van der Waals surface area (Å²) < 4.78 is 0. The average Bonchev–Trinajstić information content (AvgIpc) is 2.62. The molecule has 0 aliphatic rings. The highest BCUT2D eigenvalue weighted by molar-refractivity contribution is 6.06. The van der Waals surface area contributed by atoms with Gasteiger partial charge in [0.2, 0.25) is 5.91 Å². The third-order valence-electron chi connectivity index (χ3n) is 4.21. The van der Waals surface area contributed by atoms with Gasteiger partial charge in [-0.2, -0.15) is 0 Å². The number of benzene rings is 2. The number of fused-ring (bicyclic) bond motifs is 1. The van der Waals surface area contributed by atoms with Crippen molar-refractivity contribution in [2.24, 2.45) is 5.73 Å². The molecule has 0 fully saturated rings. The first-order chi connectivity index (χ1) is 12.1. The number of nitrogens with zero attached hydrogens (tertiary/aromatic N) is 1. The van der Waals surface area contributed by atoms with E-state index in [9.17, 15) is 9.59 Å². The fourth-order valence-corrected chi connectivity index (χ4v) is 2.81. The van der Waals surface area contributed by atoms with Crippen molar-refractivity contribution in [2.75, 3.05) is 0 Å². The summed E-state index contributed by atoms with van der Waals surface area (Å²) in [4.78, 5) is 28.8. The van der Waals surface area contributed by atoms with E-state index in [0.29, 0.717) is 17.5 Å². The number of pyridine rings is 1. The van der Waals surface area contributed by atoms with Crippen LogP contribution in [0.1, 0.15) is 21.5 Å². The molecule has 0 unspecified atom stereocenters. The van der Waals surface area contributed by atoms with Crippen LogP contribution in [0.2, 0.25) is 0 Å². The summed E-state index contributed by atoms with van der Waals surface area (Å²) in [7, 11) is 0. The Kier molecular flexibility index (Phi) is 4.75. The number of rotatable bonds is 5. The fraction of sp³-hybridized carbons (Fsp3) is 0.150. The van der Waals surface area contributed by atoms with Gasteiger partial charge in [0, 0.05) is 18.0 Å². The van der Waals surface area contributed by atoms with Crippen molar-refractivity contribution >= 4 is 22.7 Å². The number of hydrogen-bond acceptors (Lipinski definition) is 3. The number of carbonyl (C=O) groups is 2. The number of primary amides is 1. The van der Waals surface area contributed by atoms with Crippen LogP contribution in [0, 0.1) is 6.92 Å². The zero-order valence-electron chi connectivity index (χ0n) is 13.9. The molecule has 0 bridgehead atoms. The molecule has 1 atom stereocenters. The third-order valence-corrected chi connectivity index (χ3v) is 4.21. The number of nitrogens with two attached hydrogens (primary N) is 1. The Morgan fingerprint density at radius 2 is 1.84 bits per heavy atom. The van der Waals surface area contributed by atoms with Gasteiger partial charge in [-0.25, -0.2) is 0 Å². The van der Waals surface area contributed by atoms with Crippen LogP contribution in [0.5, 0.6) is 0 Å². The Morgan fingerprint density at radius 3 is 2.60 bits per heavy atom. The molecule has 0 saturated carbocycles. The first-order valence-corrected chi connectivity index (χ1v) is 8.04. The van der Waals surface area contributed by atoms with E-state index in [2.05, 4.69) is 10.3 Å². The van der Waals surface area contributed by atoms with Gasteiger partial charge in [0.05, 0.1) is 11.1 Å². The van der Waals surface area contributed by atoms with Gasteiger partial charge in [0.1, 0.15) is 6.04 Å². The second kappa shape index (κ2) is 7.13. The molecule has 1 heterocycles. The van der Waals surface area contributed by atoms with E-state index >= 15 is 0 Å². The highest BCUT2D eigenvalue weighted by Crippen LogP contribution is 2.16. The summed E-state index contributed by atoms with van der Waals surface area (Å²) in [5.41, 5.74) is 8.55. The zero-order valence-corrected chi connectivity index (χ0v) is 13.9. The molecule has 0 aliphatic carbocycles. The monoisotopic (exact) mass is 333 g/mol. The van der Waals surface area contributed by atoms with Gasteiger partial charge < -0.3 is 11.1 Å². The van der Waals surface area contributed by atoms with Crippen molar-refractivity contribution < 1.29 is 9.59 Å². The van der Waals surface area contributed by atoms with E-state index in [1.165, 1.54) is 0 Å². The van der Waals surface area contributed by atoms with Crippen molar-refractivity contribution in [3.05, 3.63) is 77.5 Å². The SMILES string of the molecule is Cc1ccccc1C[C@@H](NC(=O)c1cccc2cccnc12)C(N)=O. The van der Waals surface area contributed by atoms with E-state index < -0.39 is 11.9 Å². The molecule has 0 spiro atoms. The van der Waals surface area contributed by atoms with E-state index in [0.717, 1.165) is 16.5 Å². The predicted molar refractivity (Wildman–Crippen MR) is 97.1 cm³/mol. The summed E-state index contributed by atoms with van der Waals surface area (Å²) in [5.74, 6) is -0.925. The van der Waals surface area contributed by atoms with Crippen molar-refractivity contribution in [1.29, 1.82) is 0 Å². The minimum Gasteiger partial charge on any atom is -0.368 e. The molecule has 0 saturated heterocycles. The van der Waals surface area contributed by atoms with Crippen molar-refractivity contribution in [3.8, 4) is 0 Å². The van der Waals surface area contributed by atoms with Gasteiger partial charge in [0.25, 0.3) is 5.91 Å². The molecular formula is C20H19N3O2. The summed E-state index contributed by atoms with van der Waals surface area (Å²) >= 11 is 0. The number of nitrogens with one attached hydrogen (secondary N) is 1. The van der Waals surface area contributed by atoms with Crippen LogP contribution in [0.3, 0.4) is 0 Å². The normalized spacial score (nSPS) is 11.9. The summed E-state index contributed by atoms with van der Waals surface area (Å²) in [6.07, 6.45) is 1.99. The van der Waals surface area contributed by atoms with Gasteiger partial charge in [-0.3, -0.25) is 14.6 Å². The molecule has 3 rings (SSSR count). The molecular weight excluding hydrogens is 314 g/mol. The van der Waals surface area contributed by atoms with Gasteiger partial charge in [-0.15, -0.1) is 0 Å². The van der Waals surface area contributed by atoms with E-state index in [1.54, 1.807) is 18.3 Å². The molecule has 126 valence electrons. The van der Waals surface area contributed by atoms with Gasteiger partial charge in [0.15, 0.2) is 0 Å². The van der Waals surface area contributed by atoms with Crippen LogP contribution in [0.4, 0.5) is 0 Å². The highest BCUT2D eigenvalue weighted by Gasteiger charge is 2.21. The molecule has 5 heteroatoms. The van der Waals surface area contributed by atoms with E-state index in [4.69, 9.17) is 5.73 Å². The number of hydrogen-bond donors (Lipinski definition) is 2. The second-order valence-electron chi connectivity index (χ2n) is 5.94. The smallest absolute Gasteiger partial charge is 0.254 e. The lowest BCUT2D eigenvalue weighted by atomic mass is 10.00. The van der Waals surface area contributed by atoms with E-state index in [1.807, 2.05) is 49.4 Å². The summed E-state index contributed by atoms with van der Waals surface area (Å²) in [5, 5.41) is 3.61. The first kappa shape index (κ1) is 16.6. The Hall–Kier alpha value is -3.21. The molecule has 0 aliphatic heterocycles. The number of aromatic nitrogens is 1. The molecule has 3 aromatic rings. The van der Waals surface area contributed by atoms with Crippen LogP contribution in [0.25, 0.3) is 10.9 Å². The summed E-state index contributed by atoms with van der Waals surface area (Å²) in [6.45, 7) is 1.96. The van der Waals surface area contributed by atoms with Crippen LogP contribution in [0.15, 0.2) is 60.8 Å². The minimum absolute atomic E-state index is 0.353. The molecule has 0 radical (unpaired) electrons. The van der Waals surface area contributed by atoms with Gasteiger partial charge in [-0.1, -0.05) is 42.5 Å². The quantitative estimate of drug-likeness (QED) is 0.752. The fourth-order valence-electron chi connectivity index (χ4n) is 2.81. The molecule has 3 N–H and O–H groups in total. The standard InChI is InChI=1S/C20H19N3O2/c1-13-6-2-3-7-15(13)12-17(19(21)24)23-20(25)16-10-4-8-14-9-5-11-22-18(14)16/h2-11,17H,12H2,1H3,(H2,21,24)(H,23,25)/t17-/m1/s1. The third kappa shape index (κ3) is 3.66. The maximum Gasteiger partial charge on any atom is 0.254 e. The van der Waals surface area contributed by atoms with Crippen molar-refractivity contribution in [3.63, 3.8) is 0 Å². The van der Waals surface area contributed by atoms with Crippen LogP contribution >= 0.6 is 0 Å². The van der Waals surface area contributed by atoms with E-state index in [-0.39, 0.29) is 5.91 Å². The summed E-state index contributed by atoms with van der Waals surface area (Å²) in [6, 6.07) is 16.0.